The monoisotopic (exact) mass is 289 g/mol. The molecule has 0 saturated carbocycles. The first kappa shape index (κ1) is 14.1. The zero-order valence-corrected chi connectivity index (χ0v) is 11.7. The molecule has 0 aliphatic carbocycles. The molecule has 0 spiro atoms. The number of anilines is 1. The molecule has 0 radical (unpaired) electrons. The number of ketones is 1. The number of pyridine rings is 1. The Morgan fingerprint density at radius 1 is 1.25 bits per heavy atom. The number of rotatable bonds is 4. The first-order chi connectivity index (χ1) is 9.60. The Bertz CT molecular complexity index is 651. The Morgan fingerprint density at radius 3 is 2.60 bits per heavy atom. The molecular weight excluding hydrogens is 276 g/mol. The summed E-state index contributed by atoms with van der Waals surface area (Å²) in [5.74, 6) is 1.08. The van der Waals surface area contributed by atoms with Gasteiger partial charge in [0.1, 0.15) is 11.9 Å². The molecule has 1 aromatic carbocycles. The second-order valence-corrected chi connectivity index (χ2v) is 4.52. The van der Waals surface area contributed by atoms with E-state index in [4.69, 9.17) is 22.1 Å². The summed E-state index contributed by atoms with van der Waals surface area (Å²) in [6.45, 7) is 0. The average molecular weight is 290 g/mol. The highest BCUT2D eigenvalue weighted by molar-refractivity contribution is 6.30. The number of halogens is 1. The van der Waals surface area contributed by atoms with Crippen LogP contribution in [0.3, 0.4) is 0 Å². The first-order valence-electron chi connectivity index (χ1n) is 5.93. The lowest BCUT2D eigenvalue weighted by Crippen LogP contribution is -2.30. The highest BCUT2D eigenvalue weighted by atomic mass is 35.5. The minimum absolute atomic E-state index is 0.125. The first-order valence-corrected chi connectivity index (χ1v) is 6.30. The molecule has 5 heteroatoms. The van der Waals surface area contributed by atoms with Gasteiger partial charge in [0.05, 0.1) is 18.3 Å². The van der Waals surface area contributed by atoms with E-state index in [9.17, 15) is 4.79 Å². The summed E-state index contributed by atoms with van der Waals surface area (Å²) in [6.07, 6.45) is 4.65. The molecule has 0 unspecified atom stereocenters. The summed E-state index contributed by atoms with van der Waals surface area (Å²) in [5.41, 5.74) is 6.35. The third-order valence-electron chi connectivity index (χ3n) is 2.73. The molecule has 1 aromatic heterocycles. The van der Waals surface area contributed by atoms with E-state index in [-0.39, 0.29) is 5.78 Å². The highest BCUT2D eigenvalue weighted by Crippen LogP contribution is 2.12. The molecular formula is C15H14ClN2O2+. The second kappa shape index (κ2) is 6.21. The van der Waals surface area contributed by atoms with Crippen molar-refractivity contribution in [3.8, 4) is 5.75 Å². The number of allylic oxidation sites excluding steroid dienone is 1. The number of methoxy groups -OCH3 is 1. The number of hydrogen-bond donors (Lipinski definition) is 1. The minimum Gasteiger partial charge on any atom is -0.497 e. The van der Waals surface area contributed by atoms with Gasteiger partial charge in [-0.15, -0.1) is 0 Å². The van der Waals surface area contributed by atoms with Crippen LogP contribution in [0.15, 0.2) is 48.7 Å². The van der Waals surface area contributed by atoms with Gasteiger partial charge in [-0.3, -0.25) is 10.5 Å². The van der Waals surface area contributed by atoms with Gasteiger partial charge in [-0.25, -0.2) is 4.57 Å². The maximum atomic E-state index is 12.0. The van der Waals surface area contributed by atoms with Crippen LogP contribution in [0, 0.1) is 0 Å². The van der Waals surface area contributed by atoms with Crippen molar-refractivity contribution in [3.63, 3.8) is 0 Å². The molecule has 20 heavy (non-hydrogen) atoms. The molecule has 0 atom stereocenters. The molecule has 2 N–H and O–H groups in total. The van der Waals surface area contributed by atoms with Crippen molar-refractivity contribution in [2.24, 2.45) is 0 Å². The smallest absolute Gasteiger partial charge is 0.277 e. The summed E-state index contributed by atoms with van der Waals surface area (Å²) < 4.78 is 6.63. The van der Waals surface area contributed by atoms with E-state index < -0.39 is 0 Å². The number of benzene rings is 1. The quantitative estimate of drug-likeness (QED) is 0.535. The van der Waals surface area contributed by atoms with Crippen molar-refractivity contribution < 1.29 is 14.1 Å². The normalized spacial score (nSPS) is 10.7. The van der Waals surface area contributed by atoms with E-state index in [1.165, 1.54) is 6.08 Å². The fraction of sp³-hybridized carbons (Fsp3) is 0.0667. The van der Waals surface area contributed by atoms with Crippen LogP contribution in [0.1, 0.15) is 10.4 Å². The summed E-state index contributed by atoms with van der Waals surface area (Å²) in [7, 11) is 1.58. The van der Waals surface area contributed by atoms with Gasteiger partial charge in [0.25, 0.3) is 5.82 Å². The lowest BCUT2D eigenvalue weighted by molar-refractivity contribution is -0.552. The average Bonchev–Trinajstić information content (AvgIpc) is 2.48. The van der Waals surface area contributed by atoms with E-state index in [0.717, 1.165) is 0 Å². The largest absolute Gasteiger partial charge is 0.497 e. The standard InChI is InChI=1S/C15H13ClN2O2/c1-20-13-5-2-11(3-6-13)14(19)8-9-18-10-12(16)4-7-15(18)17/h2-10,17H,1H3/p+1. The van der Waals surface area contributed by atoms with Crippen molar-refractivity contribution in [1.82, 2.24) is 0 Å². The van der Waals surface area contributed by atoms with Gasteiger partial charge in [0.15, 0.2) is 5.78 Å². The fourth-order valence-corrected chi connectivity index (χ4v) is 1.80. The molecule has 2 aromatic rings. The summed E-state index contributed by atoms with van der Waals surface area (Å²) in [4.78, 5) is 12.0. The molecule has 1 heterocycles. The minimum atomic E-state index is -0.125. The van der Waals surface area contributed by atoms with Crippen molar-refractivity contribution in [2.75, 3.05) is 12.8 Å². The number of ether oxygens (including phenoxy) is 1. The van der Waals surface area contributed by atoms with E-state index in [1.807, 2.05) is 0 Å². The molecule has 2 rings (SSSR count). The van der Waals surface area contributed by atoms with E-state index in [2.05, 4.69) is 0 Å². The Kier molecular flexibility index (Phi) is 4.38. The van der Waals surface area contributed by atoms with Gasteiger partial charge >= 0.3 is 0 Å². The van der Waals surface area contributed by atoms with Gasteiger partial charge in [0, 0.05) is 17.7 Å². The Balaban J connectivity index is 2.17. The van der Waals surface area contributed by atoms with E-state index in [0.29, 0.717) is 22.2 Å². The third-order valence-corrected chi connectivity index (χ3v) is 2.96. The Labute approximate surface area is 122 Å². The third kappa shape index (κ3) is 3.36. The lowest BCUT2D eigenvalue weighted by Gasteiger charge is -2.00. The number of aromatic nitrogens is 1. The molecule has 0 bridgehead atoms. The van der Waals surface area contributed by atoms with Crippen molar-refractivity contribution in [2.45, 2.75) is 0 Å². The molecule has 102 valence electrons. The number of carbonyl (C=O) groups is 1. The van der Waals surface area contributed by atoms with Gasteiger partial charge in [0.2, 0.25) is 0 Å². The zero-order valence-electron chi connectivity index (χ0n) is 10.9. The SMILES string of the molecule is COc1ccc(C(=O)C=C[n+]2cc(Cl)ccc2N)cc1. The lowest BCUT2D eigenvalue weighted by atomic mass is 10.1. The molecule has 0 aliphatic heterocycles. The van der Waals surface area contributed by atoms with Crippen LogP contribution in [-0.4, -0.2) is 12.9 Å². The van der Waals surface area contributed by atoms with Gasteiger partial charge in [-0.1, -0.05) is 11.6 Å². The predicted octanol–water partition coefficient (Wildman–Crippen LogP) is 2.57. The van der Waals surface area contributed by atoms with Crippen molar-refractivity contribution >= 4 is 29.4 Å². The number of carbonyl (C=O) groups excluding carboxylic acids is 1. The molecule has 0 fully saturated rings. The van der Waals surface area contributed by atoms with Crippen LogP contribution in [0.2, 0.25) is 5.02 Å². The number of nitrogen functional groups attached to an aromatic ring is 1. The maximum Gasteiger partial charge on any atom is 0.277 e. The van der Waals surface area contributed by atoms with Crippen LogP contribution in [0.25, 0.3) is 6.20 Å². The zero-order chi connectivity index (χ0) is 14.5. The maximum absolute atomic E-state index is 12.0. The highest BCUT2D eigenvalue weighted by Gasteiger charge is 2.05. The van der Waals surface area contributed by atoms with Crippen LogP contribution in [0.5, 0.6) is 5.75 Å². The predicted molar refractivity (Wildman–Crippen MR) is 78.7 cm³/mol. The second-order valence-electron chi connectivity index (χ2n) is 4.09. The summed E-state index contributed by atoms with van der Waals surface area (Å²) >= 11 is 5.87. The topological polar surface area (TPSA) is 56.2 Å². The Hall–Kier alpha value is -2.33. The van der Waals surface area contributed by atoms with Crippen LogP contribution < -0.4 is 15.0 Å². The van der Waals surface area contributed by atoms with Gasteiger partial charge < -0.3 is 4.74 Å². The van der Waals surface area contributed by atoms with E-state index in [1.54, 1.807) is 60.5 Å². The van der Waals surface area contributed by atoms with Gasteiger partial charge in [-0.05, 0) is 30.3 Å². The summed E-state index contributed by atoms with van der Waals surface area (Å²) in [5, 5.41) is 0.542. The molecule has 4 nitrogen and oxygen atoms in total. The van der Waals surface area contributed by atoms with Crippen LogP contribution in [0.4, 0.5) is 5.82 Å². The molecule has 0 aliphatic rings. The van der Waals surface area contributed by atoms with Crippen LogP contribution >= 0.6 is 11.6 Å². The van der Waals surface area contributed by atoms with Gasteiger partial charge in [-0.2, -0.15) is 0 Å². The molecule has 0 amide bonds. The number of nitrogens with two attached hydrogens (primary N) is 1. The fourth-order valence-electron chi connectivity index (χ4n) is 1.63. The summed E-state index contributed by atoms with van der Waals surface area (Å²) in [6, 6.07) is 10.2. The van der Waals surface area contributed by atoms with Crippen LogP contribution in [-0.2, 0) is 0 Å². The Morgan fingerprint density at radius 2 is 1.95 bits per heavy atom. The number of nitrogens with zero attached hydrogens (tertiary/aromatic N) is 1. The van der Waals surface area contributed by atoms with Crippen molar-refractivity contribution in [3.05, 3.63) is 59.3 Å². The van der Waals surface area contributed by atoms with E-state index >= 15 is 0 Å². The number of hydrogen-bond acceptors (Lipinski definition) is 3. The van der Waals surface area contributed by atoms with Crippen molar-refractivity contribution in [1.29, 1.82) is 0 Å². The molecule has 0 saturated heterocycles.